The zero-order valence-electron chi connectivity index (χ0n) is 10.7. The van der Waals surface area contributed by atoms with Crippen molar-refractivity contribution in [1.29, 1.82) is 0 Å². The van der Waals surface area contributed by atoms with Gasteiger partial charge in [-0.3, -0.25) is 4.57 Å². The summed E-state index contributed by atoms with van der Waals surface area (Å²) in [6, 6.07) is 4.29. The Morgan fingerprint density at radius 3 is 2.60 bits per heavy atom. The number of hydrogen-bond donors (Lipinski definition) is 1. The van der Waals surface area contributed by atoms with Gasteiger partial charge in [-0.15, -0.1) is 10.2 Å². The van der Waals surface area contributed by atoms with Gasteiger partial charge in [-0.1, -0.05) is 0 Å². The number of benzene rings is 1. The predicted octanol–water partition coefficient (Wildman–Crippen LogP) is 1.37. The molecule has 1 aromatic heterocycles. The molecule has 106 valence electrons. The van der Waals surface area contributed by atoms with E-state index in [9.17, 15) is 12.8 Å². The van der Waals surface area contributed by atoms with Gasteiger partial charge in [0, 0.05) is 11.6 Å². The van der Waals surface area contributed by atoms with E-state index in [4.69, 9.17) is 5.14 Å². The highest BCUT2D eigenvalue weighted by molar-refractivity contribution is 7.89. The normalized spacial score (nSPS) is 15.6. The van der Waals surface area contributed by atoms with Crippen molar-refractivity contribution < 1.29 is 12.8 Å². The summed E-state index contributed by atoms with van der Waals surface area (Å²) in [5.74, 6) is 0.0597. The van der Waals surface area contributed by atoms with Crippen molar-refractivity contribution in [1.82, 2.24) is 14.8 Å². The molecule has 0 aliphatic heterocycles. The van der Waals surface area contributed by atoms with Gasteiger partial charge in [0.2, 0.25) is 0 Å². The topological polar surface area (TPSA) is 90.9 Å². The second kappa shape index (κ2) is 4.35. The van der Waals surface area contributed by atoms with Gasteiger partial charge in [0.1, 0.15) is 5.82 Å². The van der Waals surface area contributed by atoms with E-state index in [0.717, 1.165) is 12.8 Å². The van der Waals surface area contributed by atoms with Crippen LogP contribution in [0.5, 0.6) is 0 Å². The van der Waals surface area contributed by atoms with Gasteiger partial charge in [0.15, 0.2) is 5.82 Å². The summed E-state index contributed by atoms with van der Waals surface area (Å²) >= 11 is 0. The number of nitrogens with two attached hydrogens (primary N) is 1. The van der Waals surface area contributed by atoms with Gasteiger partial charge in [0.05, 0.1) is 0 Å². The highest BCUT2D eigenvalue weighted by Gasteiger charge is 2.33. The summed E-state index contributed by atoms with van der Waals surface area (Å²) in [4.78, 5) is 0. The Balaban J connectivity index is 2.22. The van der Waals surface area contributed by atoms with Crippen LogP contribution in [0.1, 0.15) is 24.4 Å². The van der Waals surface area contributed by atoms with E-state index in [1.165, 1.54) is 16.7 Å². The van der Waals surface area contributed by atoms with Crippen LogP contribution in [-0.2, 0) is 10.0 Å². The third-order valence-corrected chi connectivity index (χ3v) is 4.05. The number of hydrogen-bond acceptors (Lipinski definition) is 4. The van der Waals surface area contributed by atoms with Gasteiger partial charge >= 0.3 is 0 Å². The third-order valence-electron chi connectivity index (χ3n) is 3.26. The molecule has 8 heteroatoms. The van der Waals surface area contributed by atoms with E-state index in [-0.39, 0.29) is 17.0 Å². The van der Waals surface area contributed by atoms with Crippen LogP contribution >= 0.6 is 0 Å². The number of nitrogens with zero attached hydrogens (tertiary/aromatic N) is 3. The SMILES string of the molecule is Cc1cc(F)ccc1-c1nnc(S(N)(=O)=O)n1C1CC1. The molecule has 20 heavy (non-hydrogen) atoms. The lowest BCUT2D eigenvalue weighted by Crippen LogP contribution is -2.18. The van der Waals surface area contributed by atoms with E-state index in [1.54, 1.807) is 13.0 Å². The molecule has 0 bridgehead atoms. The number of primary sulfonamides is 1. The second-order valence-corrected chi connectivity index (χ2v) is 6.37. The molecule has 2 aromatic rings. The Labute approximate surface area is 115 Å². The minimum absolute atomic E-state index is 0.0396. The first-order chi connectivity index (χ1) is 9.38. The number of halogens is 1. The third kappa shape index (κ3) is 2.20. The van der Waals surface area contributed by atoms with Crippen molar-refractivity contribution >= 4 is 10.0 Å². The maximum atomic E-state index is 13.2. The molecule has 0 atom stereocenters. The van der Waals surface area contributed by atoms with E-state index < -0.39 is 10.0 Å². The van der Waals surface area contributed by atoms with Crippen LogP contribution in [0.15, 0.2) is 23.4 Å². The van der Waals surface area contributed by atoms with Gasteiger partial charge in [-0.25, -0.2) is 17.9 Å². The Kier molecular flexibility index (Phi) is 2.87. The van der Waals surface area contributed by atoms with Crippen LogP contribution in [0.2, 0.25) is 0 Å². The van der Waals surface area contributed by atoms with Crippen molar-refractivity contribution in [3.8, 4) is 11.4 Å². The summed E-state index contributed by atoms with van der Waals surface area (Å²) in [5.41, 5.74) is 1.32. The monoisotopic (exact) mass is 296 g/mol. The highest BCUT2D eigenvalue weighted by atomic mass is 32.2. The zero-order valence-corrected chi connectivity index (χ0v) is 11.6. The van der Waals surface area contributed by atoms with Crippen LogP contribution in [0.3, 0.4) is 0 Å². The Bertz CT molecular complexity index is 781. The number of sulfonamides is 1. The van der Waals surface area contributed by atoms with Crippen LogP contribution in [-0.4, -0.2) is 23.2 Å². The van der Waals surface area contributed by atoms with E-state index >= 15 is 0 Å². The summed E-state index contributed by atoms with van der Waals surface area (Å²) in [7, 11) is -3.93. The number of aromatic nitrogens is 3. The van der Waals surface area contributed by atoms with Gasteiger partial charge in [-0.05, 0) is 43.5 Å². The molecule has 6 nitrogen and oxygen atoms in total. The minimum Gasteiger partial charge on any atom is -0.294 e. The largest absolute Gasteiger partial charge is 0.294 e. The van der Waals surface area contributed by atoms with Gasteiger partial charge in [0.25, 0.3) is 15.2 Å². The molecule has 1 saturated carbocycles. The van der Waals surface area contributed by atoms with E-state index in [0.29, 0.717) is 17.0 Å². The van der Waals surface area contributed by atoms with E-state index in [1.807, 2.05) is 0 Å². The molecule has 1 aromatic carbocycles. The van der Waals surface area contributed by atoms with Crippen LogP contribution in [0, 0.1) is 12.7 Å². The quantitative estimate of drug-likeness (QED) is 0.926. The average molecular weight is 296 g/mol. The molecule has 1 aliphatic carbocycles. The highest BCUT2D eigenvalue weighted by Crippen LogP contribution is 2.40. The summed E-state index contributed by atoms with van der Waals surface area (Å²) in [5, 5.41) is 12.6. The van der Waals surface area contributed by atoms with Crippen molar-refractivity contribution in [2.24, 2.45) is 5.14 Å². The maximum Gasteiger partial charge on any atom is 0.273 e. The lowest BCUT2D eigenvalue weighted by molar-refractivity contribution is 0.567. The Morgan fingerprint density at radius 1 is 1.35 bits per heavy atom. The molecule has 1 fully saturated rings. The molecule has 3 rings (SSSR count). The summed E-state index contributed by atoms with van der Waals surface area (Å²) in [6.07, 6.45) is 1.71. The molecule has 2 N–H and O–H groups in total. The zero-order chi connectivity index (χ0) is 14.5. The first kappa shape index (κ1) is 13.2. The fraction of sp³-hybridized carbons (Fsp3) is 0.333. The lowest BCUT2D eigenvalue weighted by atomic mass is 10.1. The Morgan fingerprint density at radius 2 is 2.05 bits per heavy atom. The predicted molar refractivity (Wildman–Crippen MR) is 69.8 cm³/mol. The van der Waals surface area contributed by atoms with Crippen molar-refractivity contribution in [3.63, 3.8) is 0 Å². The van der Waals surface area contributed by atoms with E-state index in [2.05, 4.69) is 10.2 Å². The average Bonchev–Trinajstić information content (AvgIpc) is 3.07. The van der Waals surface area contributed by atoms with Gasteiger partial charge < -0.3 is 0 Å². The summed E-state index contributed by atoms with van der Waals surface area (Å²) in [6.45, 7) is 1.74. The lowest BCUT2D eigenvalue weighted by Gasteiger charge is -2.09. The molecule has 0 radical (unpaired) electrons. The molecule has 1 heterocycles. The molecule has 1 aliphatic rings. The van der Waals surface area contributed by atoms with Crippen LogP contribution in [0.25, 0.3) is 11.4 Å². The fourth-order valence-corrected chi connectivity index (χ4v) is 2.86. The number of aryl methyl sites for hydroxylation is 1. The maximum absolute atomic E-state index is 13.2. The molecular formula is C12H13FN4O2S. The molecular weight excluding hydrogens is 283 g/mol. The standard InChI is InChI=1S/C12H13FN4O2S/c1-7-6-8(13)2-5-10(7)11-15-16-12(20(14,18)19)17(11)9-3-4-9/h2,5-6,9H,3-4H2,1H3,(H2,14,18,19). The molecule has 0 saturated heterocycles. The smallest absolute Gasteiger partial charge is 0.273 e. The number of rotatable bonds is 3. The van der Waals surface area contributed by atoms with Crippen molar-refractivity contribution in [2.75, 3.05) is 0 Å². The van der Waals surface area contributed by atoms with Crippen molar-refractivity contribution in [2.45, 2.75) is 31.0 Å². The first-order valence-electron chi connectivity index (χ1n) is 6.12. The molecule has 0 amide bonds. The van der Waals surface area contributed by atoms with Crippen molar-refractivity contribution in [3.05, 3.63) is 29.6 Å². The fourth-order valence-electron chi connectivity index (χ4n) is 2.19. The van der Waals surface area contributed by atoms with Crippen LogP contribution in [0.4, 0.5) is 4.39 Å². The Hall–Kier alpha value is -1.80. The molecule has 0 unspecified atom stereocenters. The van der Waals surface area contributed by atoms with Gasteiger partial charge in [-0.2, -0.15) is 0 Å². The minimum atomic E-state index is -3.93. The summed E-state index contributed by atoms with van der Waals surface area (Å²) < 4.78 is 37.8. The van der Waals surface area contributed by atoms with Crippen LogP contribution < -0.4 is 5.14 Å². The molecule has 0 spiro atoms. The second-order valence-electron chi connectivity index (χ2n) is 4.91. The first-order valence-corrected chi connectivity index (χ1v) is 7.67.